The van der Waals surface area contributed by atoms with E-state index in [0.717, 1.165) is 25.7 Å². The highest BCUT2D eigenvalue weighted by Gasteiger charge is 2.31. The summed E-state index contributed by atoms with van der Waals surface area (Å²) in [5.41, 5.74) is -0.506. The lowest BCUT2D eigenvalue weighted by Gasteiger charge is -2.34. The quantitative estimate of drug-likeness (QED) is 0.413. The van der Waals surface area contributed by atoms with Gasteiger partial charge in [0.2, 0.25) is 11.8 Å². The largest absolute Gasteiger partial charge is 0.465 e. The molecule has 2 aliphatic heterocycles. The third-order valence-electron chi connectivity index (χ3n) is 6.43. The van der Waals surface area contributed by atoms with Crippen molar-refractivity contribution in [3.63, 3.8) is 0 Å². The summed E-state index contributed by atoms with van der Waals surface area (Å²) in [4.78, 5) is 53.0. The van der Waals surface area contributed by atoms with Crippen LogP contribution < -0.4 is 5.32 Å². The SMILES string of the molecule is C#C[C@@H](CNC(=O)[C@@H]1CCCN(C(=O)CCC2CCN(C(=O)OC(C)(C)C)CC2)C1)C(=O)OCC. The first-order valence-corrected chi connectivity index (χ1v) is 12.7. The summed E-state index contributed by atoms with van der Waals surface area (Å²) in [6.45, 7) is 9.84. The van der Waals surface area contributed by atoms with Gasteiger partial charge >= 0.3 is 12.1 Å². The van der Waals surface area contributed by atoms with Crippen LogP contribution in [0.25, 0.3) is 0 Å². The van der Waals surface area contributed by atoms with Crippen LogP contribution in [0.15, 0.2) is 0 Å². The van der Waals surface area contributed by atoms with Crippen LogP contribution in [0.3, 0.4) is 0 Å². The van der Waals surface area contributed by atoms with Crippen molar-refractivity contribution < 1.29 is 28.7 Å². The zero-order chi connectivity index (χ0) is 26.0. The molecule has 0 spiro atoms. The van der Waals surface area contributed by atoms with E-state index in [1.165, 1.54) is 0 Å². The molecule has 0 aliphatic carbocycles. The van der Waals surface area contributed by atoms with Crippen molar-refractivity contribution in [1.82, 2.24) is 15.1 Å². The van der Waals surface area contributed by atoms with E-state index < -0.39 is 17.5 Å². The van der Waals surface area contributed by atoms with E-state index in [1.54, 1.807) is 16.7 Å². The summed E-state index contributed by atoms with van der Waals surface area (Å²) in [5, 5.41) is 2.75. The van der Waals surface area contributed by atoms with Gasteiger partial charge in [-0.25, -0.2) is 4.79 Å². The summed E-state index contributed by atoms with van der Waals surface area (Å²) in [5.74, 6) is 0.964. The molecule has 2 rings (SSSR count). The Bertz CT molecular complexity index is 792. The Morgan fingerprint density at radius 3 is 2.37 bits per heavy atom. The van der Waals surface area contributed by atoms with Crippen LogP contribution in [0.4, 0.5) is 4.79 Å². The normalized spacial score (nSPS) is 19.9. The number of nitrogens with zero attached hydrogens (tertiary/aromatic N) is 2. The van der Waals surface area contributed by atoms with Gasteiger partial charge in [0.15, 0.2) is 0 Å². The van der Waals surface area contributed by atoms with E-state index in [4.69, 9.17) is 15.9 Å². The number of amides is 3. The van der Waals surface area contributed by atoms with Gasteiger partial charge in [0, 0.05) is 39.1 Å². The van der Waals surface area contributed by atoms with Gasteiger partial charge in [0.05, 0.1) is 12.5 Å². The Morgan fingerprint density at radius 1 is 1.09 bits per heavy atom. The molecule has 9 heteroatoms. The Hall–Kier alpha value is -2.76. The number of likely N-dealkylation sites (tertiary alicyclic amines) is 2. The number of nitrogens with one attached hydrogen (secondary N) is 1. The monoisotopic (exact) mass is 491 g/mol. The van der Waals surface area contributed by atoms with Crippen molar-refractivity contribution in [1.29, 1.82) is 0 Å². The fourth-order valence-corrected chi connectivity index (χ4v) is 4.43. The summed E-state index contributed by atoms with van der Waals surface area (Å²) in [6, 6.07) is 0. The topological polar surface area (TPSA) is 105 Å². The van der Waals surface area contributed by atoms with Crippen LogP contribution in [0, 0.1) is 30.1 Å². The van der Waals surface area contributed by atoms with E-state index in [0.29, 0.717) is 44.9 Å². The first-order valence-electron chi connectivity index (χ1n) is 12.7. The zero-order valence-corrected chi connectivity index (χ0v) is 21.6. The Kier molecular flexibility index (Phi) is 10.9. The second kappa shape index (κ2) is 13.4. The number of carbonyl (C=O) groups excluding carboxylic acids is 4. The Morgan fingerprint density at radius 2 is 1.77 bits per heavy atom. The van der Waals surface area contributed by atoms with Gasteiger partial charge in [0.1, 0.15) is 11.5 Å². The maximum atomic E-state index is 12.8. The number of hydrogen-bond donors (Lipinski definition) is 1. The lowest BCUT2D eigenvalue weighted by Crippen LogP contribution is -2.46. The Labute approximate surface area is 209 Å². The molecule has 3 amide bonds. The number of piperidine rings is 2. The van der Waals surface area contributed by atoms with Gasteiger partial charge in [-0.1, -0.05) is 5.92 Å². The van der Waals surface area contributed by atoms with Crippen LogP contribution in [0.2, 0.25) is 0 Å². The van der Waals surface area contributed by atoms with Gasteiger partial charge < -0.3 is 24.6 Å². The molecule has 2 atom stereocenters. The average Bonchev–Trinajstić information content (AvgIpc) is 2.82. The summed E-state index contributed by atoms with van der Waals surface area (Å²) in [6.07, 6.45) is 9.49. The van der Waals surface area contributed by atoms with Crippen LogP contribution in [0.1, 0.15) is 66.2 Å². The smallest absolute Gasteiger partial charge is 0.410 e. The summed E-state index contributed by atoms with van der Waals surface area (Å²) in [7, 11) is 0. The predicted octanol–water partition coefficient (Wildman–Crippen LogP) is 2.58. The molecule has 35 heavy (non-hydrogen) atoms. The number of rotatable bonds is 8. The second-order valence-electron chi connectivity index (χ2n) is 10.3. The first-order chi connectivity index (χ1) is 16.5. The van der Waals surface area contributed by atoms with Gasteiger partial charge in [-0.3, -0.25) is 14.4 Å². The fraction of sp³-hybridized carbons (Fsp3) is 0.769. The van der Waals surface area contributed by atoms with Crippen LogP contribution >= 0.6 is 0 Å². The molecule has 0 bridgehead atoms. The molecule has 0 aromatic carbocycles. The second-order valence-corrected chi connectivity index (χ2v) is 10.3. The highest BCUT2D eigenvalue weighted by molar-refractivity contribution is 5.82. The van der Waals surface area contributed by atoms with Gasteiger partial charge in [0.25, 0.3) is 0 Å². The highest BCUT2D eigenvalue weighted by atomic mass is 16.6. The lowest BCUT2D eigenvalue weighted by atomic mass is 9.91. The van der Waals surface area contributed by atoms with Crippen molar-refractivity contribution in [2.75, 3.05) is 39.3 Å². The van der Waals surface area contributed by atoms with E-state index in [-0.39, 0.29) is 37.0 Å². The van der Waals surface area contributed by atoms with Crippen molar-refractivity contribution >= 4 is 23.9 Å². The number of esters is 1. The molecule has 9 nitrogen and oxygen atoms in total. The van der Waals surface area contributed by atoms with Crippen LogP contribution in [-0.4, -0.2) is 78.6 Å². The van der Waals surface area contributed by atoms with Crippen LogP contribution in [0.5, 0.6) is 0 Å². The maximum absolute atomic E-state index is 12.8. The van der Waals surface area contributed by atoms with Crippen molar-refractivity contribution in [3.8, 4) is 12.3 Å². The van der Waals surface area contributed by atoms with Crippen LogP contribution in [-0.2, 0) is 23.9 Å². The van der Waals surface area contributed by atoms with Gasteiger partial charge in [-0.05, 0) is 65.7 Å². The van der Waals surface area contributed by atoms with Gasteiger partial charge in [-0.15, -0.1) is 6.42 Å². The Balaban J connectivity index is 1.73. The minimum Gasteiger partial charge on any atom is -0.465 e. The summed E-state index contributed by atoms with van der Waals surface area (Å²) >= 11 is 0. The molecule has 0 unspecified atom stereocenters. The molecular weight excluding hydrogens is 450 g/mol. The third-order valence-corrected chi connectivity index (χ3v) is 6.43. The molecule has 2 aliphatic rings. The van der Waals surface area contributed by atoms with E-state index in [2.05, 4.69) is 11.2 Å². The lowest BCUT2D eigenvalue weighted by molar-refractivity contribution is -0.145. The highest BCUT2D eigenvalue weighted by Crippen LogP contribution is 2.25. The van der Waals surface area contributed by atoms with E-state index in [9.17, 15) is 19.2 Å². The van der Waals surface area contributed by atoms with Crippen molar-refractivity contribution in [3.05, 3.63) is 0 Å². The average molecular weight is 492 g/mol. The predicted molar refractivity (Wildman–Crippen MR) is 131 cm³/mol. The summed E-state index contributed by atoms with van der Waals surface area (Å²) < 4.78 is 10.4. The maximum Gasteiger partial charge on any atom is 0.410 e. The molecule has 1 N–H and O–H groups in total. The number of ether oxygens (including phenoxy) is 2. The molecule has 2 saturated heterocycles. The molecule has 0 aromatic heterocycles. The molecular formula is C26H41N3O6. The van der Waals surface area contributed by atoms with E-state index >= 15 is 0 Å². The third kappa shape index (κ3) is 9.42. The molecule has 2 fully saturated rings. The molecule has 0 saturated carbocycles. The minimum atomic E-state index is -0.818. The standard InChI is InChI=1S/C26H41N3O6/c1-6-20(24(32)34-7-2)17-27-23(31)21-9-8-14-29(18-21)22(30)11-10-19-12-15-28(16-13-19)25(33)35-26(3,4)5/h1,19-21H,7-18H2,2-5H3,(H,27,31)/t20-,21+/m0/s1. The first kappa shape index (κ1) is 28.5. The fourth-order valence-electron chi connectivity index (χ4n) is 4.43. The molecule has 196 valence electrons. The zero-order valence-electron chi connectivity index (χ0n) is 21.6. The van der Waals surface area contributed by atoms with Crippen molar-refractivity contribution in [2.45, 2.75) is 71.8 Å². The molecule has 2 heterocycles. The number of hydrogen-bond acceptors (Lipinski definition) is 6. The minimum absolute atomic E-state index is 0.0284. The van der Waals surface area contributed by atoms with E-state index in [1.807, 2.05) is 20.8 Å². The van der Waals surface area contributed by atoms with Gasteiger partial charge in [-0.2, -0.15) is 0 Å². The molecule has 0 aromatic rings. The number of carbonyl (C=O) groups is 4. The number of terminal acetylenes is 1. The van der Waals surface area contributed by atoms with Crippen molar-refractivity contribution in [2.24, 2.45) is 17.8 Å². The molecule has 0 radical (unpaired) electrons.